The standard InChI is InChI=1S/C40H43N11O3/c41-21-27-19-30-23-44-51(39(30)43-22-27)37-20-36(54-32-9-10-32)35(24-42-37)50-25-34(46-47-50)29-3-1-26(2-4-29)13-14-48-15-17-49(18-16-48)31-7-5-28(6-8-31)33-11-12-38(52)45-40(33)53/h5-8,19-20,22-26,29,32-33H,1-4,9-18H2,(H,45,52,53). The Morgan fingerprint density at radius 1 is 0.907 bits per heavy atom. The minimum Gasteiger partial charge on any atom is -0.488 e. The van der Waals surface area contributed by atoms with Crippen molar-refractivity contribution in [2.75, 3.05) is 37.6 Å². The first kappa shape index (κ1) is 34.1. The Balaban J connectivity index is 0.768. The fourth-order valence-corrected chi connectivity index (χ4v) is 8.17. The molecule has 0 spiro atoms. The number of benzene rings is 1. The highest BCUT2D eigenvalue weighted by Gasteiger charge is 2.30. The lowest BCUT2D eigenvalue weighted by Gasteiger charge is -2.37. The molecule has 54 heavy (non-hydrogen) atoms. The average Bonchev–Trinajstić information content (AvgIpc) is 3.70. The smallest absolute Gasteiger partial charge is 0.234 e. The summed E-state index contributed by atoms with van der Waals surface area (Å²) in [6, 6.07) is 14.1. The van der Waals surface area contributed by atoms with Crippen molar-refractivity contribution in [3.05, 3.63) is 78.0 Å². The van der Waals surface area contributed by atoms with Crippen LogP contribution in [0, 0.1) is 17.2 Å². The second-order valence-electron chi connectivity index (χ2n) is 15.2. The number of piperazine rings is 1. The lowest BCUT2D eigenvalue weighted by Crippen LogP contribution is -2.47. The van der Waals surface area contributed by atoms with Crippen LogP contribution in [0.25, 0.3) is 22.5 Å². The van der Waals surface area contributed by atoms with Gasteiger partial charge in [-0.05, 0) is 87.6 Å². The number of pyridine rings is 2. The Hall–Kier alpha value is -5.68. The maximum absolute atomic E-state index is 12.3. The minimum atomic E-state index is -0.241. The van der Waals surface area contributed by atoms with Crippen LogP contribution in [0.5, 0.6) is 5.75 Å². The average molecular weight is 726 g/mol. The minimum absolute atomic E-state index is 0.177. The van der Waals surface area contributed by atoms with Gasteiger partial charge in [-0.2, -0.15) is 15.0 Å². The molecule has 1 unspecified atom stereocenters. The van der Waals surface area contributed by atoms with Gasteiger partial charge >= 0.3 is 0 Å². The lowest BCUT2D eigenvalue weighted by atomic mass is 9.79. The van der Waals surface area contributed by atoms with Crippen LogP contribution in [0.1, 0.15) is 86.4 Å². The van der Waals surface area contributed by atoms with E-state index in [0.29, 0.717) is 41.5 Å². The molecule has 1 aromatic carbocycles. The third-order valence-corrected chi connectivity index (χ3v) is 11.6. The fourth-order valence-electron chi connectivity index (χ4n) is 8.17. The molecule has 2 aliphatic heterocycles. The topological polar surface area (TPSA) is 160 Å². The Labute approximate surface area is 313 Å². The molecule has 2 aliphatic carbocycles. The fraction of sp³-hybridized carbons (Fsp3) is 0.450. The SMILES string of the molecule is N#Cc1cnc2c(cnn2-c2cc(OC3CC3)c(-n3cc(C4CCC(CCN5CCN(c6ccc(C7CCC(=O)NC7=O)cc6)CC5)CC4)nn3)cn2)c1. The second kappa shape index (κ2) is 14.6. The van der Waals surface area contributed by atoms with Crippen molar-refractivity contribution in [2.24, 2.45) is 5.92 Å². The largest absolute Gasteiger partial charge is 0.488 e. The van der Waals surface area contributed by atoms with Crippen LogP contribution in [0.15, 0.2) is 61.2 Å². The van der Waals surface area contributed by atoms with Crippen LogP contribution >= 0.6 is 0 Å². The summed E-state index contributed by atoms with van der Waals surface area (Å²) < 4.78 is 9.80. The number of nitriles is 1. The number of imide groups is 1. The number of amides is 2. The molecule has 6 heterocycles. The van der Waals surface area contributed by atoms with Crippen LogP contribution in [0.4, 0.5) is 5.69 Å². The van der Waals surface area contributed by atoms with E-state index in [2.05, 4.69) is 53.7 Å². The number of carbonyl (C=O) groups excluding carboxylic acids is 2. The van der Waals surface area contributed by atoms with Crippen LogP contribution < -0.4 is 15.0 Å². The molecule has 1 N–H and O–H groups in total. The number of hydrogen-bond acceptors (Lipinski definition) is 11. The van der Waals surface area contributed by atoms with E-state index in [0.717, 1.165) is 86.7 Å². The molecule has 9 rings (SSSR count). The van der Waals surface area contributed by atoms with E-state index in [4.69, 9.17) is 9.72 Å². The summed E-state index contributed by atoms with van der Waals surface area (Å²) in [5, 5.41) is 26.1. The lowest BCUT2D eigenvalue weighted by molar-refractivity contribution is -0.134. The third kappa shape index (κ3) is 7.15. The van der Waals surface area contributed by atoms with Crippen molar-refractivity contribution in [3.63, 3.8) is 0 Å². The van der Waals surface area contributed by atoms with Crippen LogP contribution in [-0.2, 0) is 9.59 Å². The third-order valence-electron chi connectivity index (χ3n) is 11.6. The first-order valence-corrected chi connectivity index (χ1v) is 19.2. The van der Waals surface area contributed by atoms with E-state index in [1.807, 2.05) is 24.4 Å². The van der Waals surface area contributed by atoms with Gasteiger partial charge in [-0.3, -0.25) is 19.8 Å². The van der Waals surface area contributed by atoms with Gasteiger partial charge in [0.1, 0.15) is 11.8 Å². The highest BCUT2D eigenvalue weighted by atomic mass is 16.5. The summed E-state index contributed by atoms with van der Waals surface area (Å²) in [7, 11) is 0. The first-order valence-electron chi connectivity index (χ1n) is 19.2. The maximum atomic E-state index is 12.3. The Bertz CT molecular complexity index is 2200. The van der Waals surface area contributed by atoms with E-state index in [1.165, 1.54) is 24.9 Å². The van der Waals surface area contributed by atoms with E-state index >= 15 is 0 Å². The van der Waals surface area contributed by atoms with Gasteiger partial charge in [-0.15, -0.1) is 5.10 Å². The predicted octanol–water partition coefficient (Wildman–Crippen LogP) is 4.82. The molecule has 4 fully saturated rings. The number of ether oxygens (including phenoxy) is 1. The molecule has 0 radical (unpaired) electrons. The van der Waals surface area contributed by atoms with Gasteiger partial charge in [0.2, 0.25) is 11.8 Å². The molecule has 14 heteroatoms. The molecule has 2 saturated heterocycles. The maximum Gasteiger partial charge on any atom is 0.234 e. The number of aromatic nitrogens is 7. The monoisotopic (exact) mass is 725 g/mol. The van der Waals surface area contributed by atoms with Crippen molar-refractivity contribution >= 4 is 28.5 Å². The van der Waals surface area contributed by atoms with Gasteiger partial charge in [0.25, 0.3) is 0 Å². The van der Waals surface area contributed by atoms with Crippen molar-refractivity contribution in [1.82, 2.24) is 45.0 Å². The molecule has 4 aromatic heterocycles. The molecule has 2 saturated carbocycles. The molecule has 2 amide bonds. The van der Waals surface area contributed by atoms with Crippen molar-refractivity contribution in [1.29, 1.82) is 5.26 Å². The molecule has 0 bridgehead atoms. The summed E-state index contributed by atoms with van der Waals surface area (Å²) in [5.74, 6) is 1.78. The van der Waals surface area contributed by atoms with Crippen molar-refractivity contribution < 1.29 is 14.3 Å². The number of hydrogen-bond donors (Lipinski definition) is 1. The number of nitrogens with one attached hydrogen (secondary N) is 1. The molecule has 5 aromatic rings. The van der Waals surface area contributed by atoms with E-state index < -0.39 is 0 Å². The Kier molecular flexibility index (Phi) is 9.24. The summed E-state index contributed by atoms with van der Waals surface area (Å²) in [6.45, 7) is 5.22. The zero-order valence-corrected chi connectivity index (χ0v) is 30.2. The van der Waals surface area contributed by atoms with Crippen molar-refractivity contribution in [3.8, 4) is 23.3 Å². The number of fused-ring (bicyclic) bond motifs is 1. The second-order valence-corrected chi connectivity index (χ2v) is 15.2. The van der Waals surface area contributed by atoms with Crippen LogP contribution in [0.2, 0.25) is 0 Å². The van der Waals surface area contributed by atoms with Crippen molar-refractivity contribution in [2.45, 2.75) is 75.7 Å². The van der Waals surface area contributed by atoms with Crippen LogP contribution in [0.3, 0.4) is 0 Å². The van der Waals surface area contributed by atoms with Gasteiger partial charge in [0.15, 0.2) is 17.2 Å². The van der Waals surface area contributed by atoms with Gasteiger partial charge < -0.3 is 9.64 Å². The summed E-state index contributed by atoms with van der Waals surface area (Å²) in [5.41, 5.74) is 5.05. The molecular formula is C40H43N11O3. The van der Waals surface area contributed by atoms with E-state index in [-0.39, 0.29) is 23.8 Å². The molecule has 14 nitrogen and oxygen atoms in total. The molecule has 276 valence electrons. The summed E-state index contributed by atoms with van der Waals surface area (Å²) in [6.07, 6.45) is 16.1. The van der Waals surface area contributed by atoms with Gasteiger partial charge in [-0.1, -0.05) is 17.3 Å². The molecular weight excluding hydrogens is 683 g/mol. The molecule has 4 aliphatic rings. The summed E-state index contributed by atoms with van der Waals surface area (Å²) in [4.78, 5) is 38.0. The number of anilines is 1. The van der Waals surface area contributed by atoms with Gasteiger partial charge in [0.05, 0.1) is 41.9 Å². The zero-order chi connectivity index (χ0) is 36.6. The van der Waals surface area contributed by atoms with Gasteiger partial charge in [0, 0.05) is 61.9 Å². The molecule has 1 atom stereocenters. The zero-order valence-electron chi connectivity index (χ0n) is 30.2. The van der Waals surface area contributed by atoms with Crippen LogP contribution in [-0.4, -0.2) is 90.3 Å². The van der Waals surface area contributed by atoms with E-state index in [1.54, 1.807) is 34.0 Å². The Morgan fingerprint density at radius 2 is 1.72 bits per heavy atom. The number of rotatable bonds is 10. The normalized spacial score (nSPS) is 22.3. The predicted molar refractivity (Wildman–Crippen MR) is 199 cm³/mol. The quantitative estimate of drug-likeness (QED) is 0.197. The van der Waals surface area contributed by atoms with Gasteiger partial charge in [-0.25, -0.2) is 14.6 Å². The van der Waals surface area contributed by atoms with E-state index in [9.17, 15) is 14.9 Å². The Morgan fingerprint density at radius 3 is 2.48 bits per heavy atom. The first-order chi connectivity index (χ1) is 26.5. The summed E-state index contributed by atoms with van der Waals surface area (Å²) >= 11 is 0. The number of nitrogens with zero attached hydrogens (tertiary/aromatic N) is 10. The number of piperidine rings is 1. The number of carbonyl (C=O) groups is 2. The highest BCUT2D eigenvalue weighted by molar-refractivity contribution is 6.01. The highest BCUT2D eigenvalue weighted by Crippen LogP contribution is 2.38.